The van der Waals surface area contributed by atoms with Crippen LogP contribution in [-0.4, -0.2) is 27.4 Å². The SMILES string of the molecule is CC(C)n1nc(-c2ccc(Cl)s2)c2cc(NCC(=O)O)ccc21. The first-order valence-corrected chi connectivity index (χ1v) is 8.39. The predicted molar refractivity (Wildman–Crippen MR) is 94.6 cm³/mol. The fourth-order valence-electron chi connectivity index (χ4n) is 2.45. The molecule has 3 rings (SSSR count). The summed E-state index contributed by atoms with van der Waals surface area (Å²) in [4.78, 5) is 11.7. The number of carboxylic acid groups (broad SMARTS) is 1. The molecule has 0 bridgehead atoms. The number of hydrogen-bond donors (Lipinski definition) is 2. The zero-order chi connectivity index (χ0) is 16.6. The lowest BCUT2D eigenvalue weighted by Gasteiger charge is -2.07. The second-order valence-corrected chi connectivity index (χ2v) is 7.18. The van der Waals surface area contributed by atoms with E-state index in [1.807, 2.05) is 35.0 Å². The van der Waals surface area contributed by atoms with E-state index in [0.717, 1.165) is 27.2 Å². The molecule has 5 nitrogen and oxygen atoms in total. The molecule has 0 aliphatic carbocycles. The smallest absolute Gasteiger partial charge is 0.322 e. The van der Waals surface area contributed by atoms with Gasteiger partial charge in [-0.05, 0) is 44.2 Å². The molecule has 2 aromatic heterocycles. The lowest BCUT2D eigenvalue weighted by Crippen LogP contribution is -2.12. The van der Waals surface area contributed by atoms with E-state index in [4.69, 9.17) is 21.8 Å². The summed E-state index contributed by atoms with van der Waals surface area (Å²) in [5, 5.41) is 17.4. The van der Waals surface area contributed by atoms with E-state index in [2.05, 4.69) is 19.2 Å². The molecule has 0 amide bonds. The van der Waals surface area contributed by atoms with Gasteiger partial charge in [-0.15, -0.1) is 11.3 Å². The summed E-state index contributed by atoms with van der Waals surface area (Å²) < 4.78 is 2.69. The van der Waals surface area contributed by atoms with Crippen molar-refractivity contribution in [3.8, 4) is 10.6 Å². The van der Waals surface area contributed by atoms with Crippen LogP contribution in [0.5, 0.6) is 0 Å². The van der Waals surface area contributed by atoms with Crippen LogP contribution in [0, 0.1) is 0 Å². The molecule has 0 spiro atoms. The lowest BCUT2D eigenvalue weighted by molar-refractivity contribution is -0.134. The average Bonchev–Trinajstić information content (AvgIpc) is 3.08. The van der Waals surface area contributed by atoms with Crippen molar-refractivity contribution in [2.45, 2.75) is 19.9 Å². The normalized spacial score (nSPS) is 11.3. The first kappa shape index (κ1) is 15.8. The minimum atomic E-state index is -0.895. The molecule has 0 fully saturated rings. The summed E-state index contributed by atoms with van der Waals surface area (Å²) in [5.41, 5.74) is 2.64. The van der Waals surface area contributed by atoms with E-state index < -0.39 is 5.97 Å². The molecular weight excluding hydrogens is 334 g/mol. The van der Waals surface area contributed by atoms with E-state index in [0.29, 0.717) is 4.34 Å². The zero-order valence-electron chi connectivity index (χ0n) is 12.7. The van der Waals surface area contributed by atoms with Crippen molar-refractivity contribution in [3.05, 3.63) is 34.7 Å². The molecule has 2 heterocycles. The van der Waals surface area contributed by atoms with Crippen molar-refractivity contribution in [3.63, 3.8) is 0 Å². The second kappa shape index (κ2) is 6.22. The van der Waals surface area contributed by atoms with Crippen LogP contribution in [0.4, 0.5) is 5.69 Å². The molecular formula is C16H16ClN3O2S. The Labute approximate surface area is 142 Å². The summed E-state index contributed by atoms with van der Waals surface area (Å²) in [6.07, 6.45) is 0. The Morgan fingerprint density at radius 1 is 1.39 bits per heavy atom. The average molecular weight is 350 g/mol. The van der Waals surface area contributed by atoms with Gasteiger partial charge in [0.05, 0.1) is 14.7 Å². The fourth-order valence-corrected chi connectivity index (χ4v) is 3.49. The van der Waals surface area contributed by atoms with Gasteiger partial charge in [0.2, 0.25) is 0 Å². The Kier molecular flexibility index (Phi) is 4.28. The molecule has 3 aromatic rings. The quantitative estimate of drug-likeness (QED) is 0.711. The Morgan fingerprint density at radius 3 is 2.78 bits per heavy atom. The standard InChI is InChI=1S/C16H16ClN3O2S/c1-9(2)20-12-4-3-10(18-8-15(21)22)7-11(12)16(19-20)13-5-6-14(17)23-13/h3-7,9,18H,8H2,1-2H3,(H,21,22). The van der Waals surface area contributed by atoms with Crippen molar-refractivity contribution in [1.82, 2.24) is 9.78 Å². The minimum absolute atomic E-state index is 0.121. The number of aliphatic carboxylic acids is 1. The van der Waals surface area contributed by atoms with Crippen molar-refractivity contribution < 1.29 is 9.90 Å². The van der Waals surface area contributed by atoms with E-state index in [9.17, 15) is 4.79 Å². The van der Waals surface area contributed by atoms with Crippen molar-refractivity contribution in [2.75, 3.05) is 11.9 Å². The highest BCUT2D eigenvalue weighted by Crippen LogP contribution is 2.36. The molecule has 0 aliphatic rings. The number of hydrogen-bond acceptors (Lipinski definition) is 4. The molecule has 0 atom stereocenters. The van der Waals surface area contributed by atoms with Gasteiger partial charge in [-0.25, -0.2) is 0 Å². The van der Waals surface area contributed by atoms with Crippen LogP contribution in [0.1, 0.15) is 19.9 Å². The van der Waals surface area contributed by atoms with Crippen molar-refractivity contribution >= 4 is 45.5 Å². The third kappa shape index (κ3) is 3.18. The molecule has 120 valence electrons. The number of nitrogens with zero attached hydrogens (tertiary/aromatic N) is 2. The number of fused-ring (bicyclic) bond motifs is 1. The first-order valence-electron chi connectivity index (χ1n) is 7.19. The molecule has 1 aromatic carbocycles. The van der Waals surface area contributed by atoms with Gasteiger partial charge >= 0.3 is 5.97 Å². The topological polar surface area (TPSA) is 67.2 Å². The number of anilines is 1. The maximum Gasteiger partial charge on any atom is 0.322 e. The number of carbonyl (C=O) groups is 1. The number of benzene rings is 1. The Hall–Kier alpha value is -2.05. The summed E-state index contributed by atoms with van der Waals surface area (Å²) in [5.74, 6) is -0.895. The second-order valence-electron chi connectivity index (χ2n) is 5.47. The largest absolute Gasteiger partial charge is 0.480 e. The summed E-state index contributed by atoms with van der Waals surface area (Å²) in [6.45, 7) is 4.03. The monoisotopic (exact) mass is 349 g/mol. The summed E-state index contributed by atoms with van der Waals surface area (Å²) >= 11 is 7.53. The highest BCUT2D eigenvalue weighted by Gasteiger charge is 2.16. The van der Waals surface area contributed by atoms with E-state index in [1.165, 1.54) is 11.3 Å². The number of aromatic nitrogens is 2. The molecule has 0 radical (unpaired) electrons. The van der Waals surface area contributed by atoms with Crippen molar-refractivity contribution in [2.24, 2.45) is 0 Å². The Morgan fingerprint density at radius 2 is 2.17 bits per heavy atom. The number of rotatable bonds is 5. The highest BCUT2D eigenvalue weighted by molar-refractivity contribution is 7.19. The van der Waals surface area contributed by atoms with Gasteiger partial charge < -0.3 is 10.4 Å². The molecule has 0 aliphatic heterocycles. The predicted octanol–water partition coefficient (Wildman–Crippen LogP) is 4.50. The van der Waals surface area contributed by atoms with E-state index in [1.54, 1.807) is 0 Å². The minimum Gasteiger partial charge on any atom is -0.480 e. The van der Waals surface area contributed by atoms with Crippen molar-refractivity contribution in [1.29, 1.82) is 0 Å². The molecule has 0 unspecified atom stereocenters. The number of carboxylic acids is 1. The van der Waals surface area contributed by atoms with Crippen LogP contribution in [0.2, 0.25) is 4.34 Å². The van der Waals surface area contributed by atoms with Gasteiger partial charge in [0.1, 0.15) is 12.2 Å². The Bertz CT molecular complexity index is 869. The number of halogens is 1. The Balaban J connectivity index is 2.13. The van der Waals surface area contributed by atoms with Crippen LogP contribution >= 0.6 is 22.9 Å². The van der Waals surface area contributed by atoms with Crippen LogP contribution in [0.15, 0.2) is 30.3 Å². The number of thiophene rings is 1. The van der Waals surface area contributed by atoms with Gasteiger partial charge in [-0.2, -0.15) is 5.10 Å². The zero-order valence-corrected chi connectivity index (χ0v) is 14.3. The number of nitrogens with one attached hydrogen (secondary N) is 1. The van der Waals surface area contributed by atoms with Crippen LogP contribution in [0.25, 0.3) is 21.5 Å². The van der Waals surface area contributed by atoms with E-state index in [-0.39, 0.29) is 12.6 Å². The molecule has 0 saturated heterocycles. The third-order valence-electron chi connectivity index (χ3n) is 3.45. The van der Waals surface area contributed by atoms with Gasteiger partial charge in [0, 0.05) is 17.1 Å². The van der Waals surface area contributed by atoms with Gasteiger partial charge in [-0.1, -0.05) is 11.6 Å². The van der Waals surface area contributed by atoms with Crippen LogP contribution in [0.3, 0.4) is 0 Å². The highest BCUT2D eigenvalue weighted by atomic mass is 35.5. The molecule has 23 heavy (non-hydrogen) atoms. The van der Waals surface area contributed by atoms with Crippen LogP contribution in [-0.2, 0) is 4.79 Å². The molecule has 0 saturated carbocycles. The maximum atomic E-state index is 10.7. The van der Waals surface area contributed by atoms with Crippen LogP contribution < -0.4 is 5.32 Å². The maximum absolute atomic E-state index is 10.7. The summed E-state index contributed by atoms with van der Waals surface area (Å²) in [6, 6.07) is 9.81. The first-order chi connectivity index (χ1) is 11.0. The molecule has 2 N–H and O–H groups in total. The summed E-state index contributed by atoms with van der Waals surface area (Å²) in [7, 11) is 0. The van der Waals surface area contributed by atoms with E-state index >= 15 is 0 Å². The van der Waals surface area contributed by atoms with Gasteiger partial charge in [-0.3, -0.25) is 9.48 Å². The van der Waals surface area contributed by atoms with Gasteiger partial charge in [0.25, 0.3) is 0 Å². The lowest BCUT2D eigenvalue weighted by atomic mass is 10.1. The van der Waals surface area contributed by atoms with Gasteiger partial charge in [0.15, 0.2) is 0 Å². The third-order valence-corrected chi connectivity index (χ3v) is 4.68. The fraction of sp³-hybridized carbons (Fsp3) is 0.250. The molecule has 7 heteroatoms.